The van der Waals surface area contributed by atoms with Gasteiger partial charge in [-0.1, -0.05) is 0 Å². The molecule has 1 aliphatic rings. The minimum atomic E-state index is -0.261. The Hall–Kier alpha value is -1.62. The van der Waals surface area contributed by atoms with Crippen molar-refractivity contribution in [2.75, 3.05) is 18.0 Å². The van der Waals surface area contributed by atoms with Gasteiger partial charge in [-0.15, -0.1) is 0 Å². The molecule has 0 aliphatic carbocycles. The van der Waals surface area contributed by atoms with Gasteiger partial charge >= 0.3 is 0 Å². The van der Waals surface area contributed by atoms with Gasteiger partial charge in [0.15, 0.2) is 0 Å². The van der Waals surface area contributed by atoms with Gasteiger partial charge in [0.05, 0.1) is 6.10 Å². The summed E-state index contributed by atoms with van der Waals surface area (Å²) < 4.78 is 0. The number of β-amino-alcohol motifs (C(OH)–C–C–N with tert-alkyl or cyclic N) is 1. The average molecular weight is 220 g/mol. The predicted octanol–water partition coefficient (Wildman–Crippen LogP) is 0.327. The molecule has 2 heterocycles. The Morgan fingerprint density at radius 1 is 1.62 bits per heavy atom. The van der Waals surface area contributed by atoms with Crippen LogP contribution in [-0.4, -0.2) is 35.1 Å². The molecular formula is C11H16N4O. The third-order valence-electron chi connectivity index (χ3n) is 2.78. The molecule has 5 heteroatoms. The van der Waals surface area contributed by atoms with Crippen molar-refractivity contribution < 1.29 is 5.11 Å². The van der Waals surface area contributed by atoms with E-state index in [1.165, 1.54) is 0 Å². The second-order valence-electron chi connectivity index (χ2n) is 4.06. The topological polar surface area (TPSA) is 86.2 Å². The van der Waals surface area contributed by atoms with Gasteiger partial charge < -0.3 is 15.7 Å². The number of piperidine rings is 1. The highest BCUT2D eigenvalue weighted by molar-refractivity contribution is 5.93. The van der Waals surface area contributed by atoms with Crippen molar-refractivity contribution in [3.8, 4) is 0 Å². The number of anilines is 1. The van der Waals surface area contributed by atoms with Crippen LogP contribution in [0.15, 0.2) is 18.3 Å². The fourth-order valence-corrected chi connectivity index (χ4v) is 1.95. The summed E-state index contributed by atoms with van der Waals surface area (Å²) in [5.74, 6) is -0.0283. The Morgan fingerprint density at radius 3 is 3.12 bits per heavy atom. The molecular weight excluding hydrogens is 204 g/mol. The fourth-order valence-electron chi connectivity index (χ4n) is 1.95. The van der Waals surface area contributed by atoms with Gasteiger partial charge in [0.25, 0.3) is 0 Å². The van der Waals surface area contributed by atoms with Gasteiger partial charge in [-0.3, -0.25) is 10.4 Å². The maximum Gasteiger partial charge on any atom is 0.141 e. The highest BCUT2D eigenvalue weighted by atomic mass is 16.3. The third kappa shape index (κ3) is 2.30. The molecule has 0 bridgehead atoms. The van der Waals surface area contributed by atoms with E-state index < -0.39 is 0 Å². The molecule has 0 amide bonds. The molecule has 1 saturated heterocycles. The van der Waals surface area contributed by atoms with Crippen molar-refractivity contribution in [3.63, 3.8) is 0 Å². The number of aliphatic hydroxyl groups excluding tert-OH is 1. The number of aliphatic hydroxyl groups is 1. The molecule has 1 aliphatic heterocycles. The fraction of sp³-hybridized carbons (Fsp3) is 0.455. The minimum absolute atomic E-state index is 0.0283. The summed E-state index contributed by atoms with van der Waals surface area (Å²) in [5.41, 5.74) is 6.85. The van der Waals surface area contributed by atoms with Crippen molar-refractivity contribution >= 4 is 11.5 Å². The SMILES string of the molecule is N=C(N)c1cc(N2CCCC(O)C2)ccn1. The summed E-state index contributed by atoms with van der Waals surface area (Å²) in [6.07, 6.45) is 3.23. The predicted molar refractivity (Wildman–Crippen MR) is 62.7 cm³/mol. The van der Waals surface area contributed by atoms with Gasteiger partial charge in [0.2, 0.25) is 0 Å². The van der Waals surface area contributed by atoms with E-state index in [4.69, 9.17) is 11.1 Å². The molecule has 0 saturated carbocycles. The van der Waals surface area contributed by atoms with E-state index in [2.05, 4.69) is 9.88 Å². The summed E-state index contributed by atoms with van der Waals surface area (Å²) in [7, 11) is 0. The maximum atomic E-state index is 9.60. The summed E-state index contributed by atoms with van der Waals surface area (Å²) in [4.78, 5) is 6.11. The van der Waals surface area contributed by atoms with Crippen LogP contribution in [0.25, 0.3) is 0 Å². The molecule has 2 rings (SSSR count). The summed E-state index contributed by atoms with van der Waals surface area (Å²) in [5, 5.41) is 16.9. The lowest BCUT2D eigenvalue weighted by atomic mass is 10.1. The minimum Gasteiger partial charge on any atom is -0.391 e. The van der Waals surface area contributed by atoms with Crippen LogP contribution in [0.2, 0.25) is 0 Å². The summed E-state index contributed by atoms with van der Waals surface area (Å²) >= 11 is 0. The lowest BCUT2D eigenvalue weighted by Gasteiger charge is -2.32. The molecule has 0 spiro atoms. The monoisotopic (exact) mass is 220 g/mol. The van der Waals surface area contributed by atoms with E-state index in [1.807, 2.05) is 6.07 Å². The molecule has 16 heavy (non-hydrogen) atoms. The molecule has 1 unspecified atom stereocenters. The molecule has 0 aromatic carbocycles. The van der Waals surface area contributed by atoms with E-state index in [-0.39, 0.29) is 11.9 Å². The third-order valence-corrected chi connectivity index (χ3v) is 2.78. The quantitative estimate of drug-likeness (QED) is 0.495. The van der Waals surface area contributed by atoms with Crippen molar-refractivity contribution in [3.05, 3.63) is 24.0 Å². The molecule has 4 N–H and O–H groups in total. The standard InChI is InChI=1S/C11H16N4O/c12-11(13)10-6-8(3-4-14-10)15-5-1-2-9(16)7-15/h3-4,6,9,16H,1-2,5,7H2,(H3,12,13). The van der Waals surface area contributed by atoms with Crippen LogP contribution in [0, 0.1) is 5.41 Å². The van der Waals surface area contributed by atoms with E-state index in [0.717, 1.165) is 25.1 Å². The zero-order valence-corrected chi connectivity index (χ0v) is 9.06. The van der Waals surface area contributed by atoms with Crippen LogP contribution in [0.3, 0.4) is 0 Å². The first-order valence-electron chi connectivity index (χ1n) is 5.40. The highest BCUT2D eigenvalue weighted by Crippen LogP contribution is 2.19. The Bertz CT molecular complexity index is 393. The van der Waals surface area contributed by atoms with Gasteiger partial charge in [-0.25, -0.2) is 0 Å². The molecule has 5 nitrogen and oxygen atoms in total. The van der Waals surface area contributed by atoms with Gasteiger partial charge in [-0.2, -0.15) is 0 Å². The number of hydrogen-bond donors (Lipinski definition) is 3. The van der Waals surface area contributed by atoms with Crippen LogP contribution in [-0.2, 0) is 0 Å². The van der Waals surface area contributed by atoms with E-state index >= 15 is 0 Å². The largest absolute Gasteiger partial charge is 0.391 e. The smallest absolute Gasteiger partial charge is 0.141 e. The van der Waals surface area contributed by atoms with Crippen molar-refractivity contribution in [1.82, 2.24) is 4.98 Å². The second-order valence-corrected chi connectivity index (χ2v) is 4.06. The Kier molecular flexibility index (Phi) is 3.05. The molecule has 1 fully saturated rings. The van der Waals surface area contributed by atoms with Gasteiger partial charge in [-0.05, 0) is 25.0 Å². The molecule has 1 aromatic rings. The molecule has 0 radical (unpaired) electrons. The van der Waals surface area contributed by atoms with E-state index in [1.54, 1.807) is 12.3 Å². The van der Waals surface area contributed by atoms with Crippen LogP contribution in [0.5, 0.6) is 0 Å². The van der Waals surface area contributed by atoms with E-state index in [0.29, 0.717) is 12.2 Å². The lowest BCUT2D eigenvalue weighted by molar-refractivity contribution is 0.154. The highest BCUT2D eigenvalue weighted by Gasteiger charge is 2.18. The number of nitrogen functional groups attached to an aromatic ring is 1. The summed E-state index contributed by atoms with van der Waals surface area (Å²) in [6, 6.07) is 3.67. The number of nitrogens with two attached hydrogens (primary N) is 1. The van der Waals surface area contributed by atoms with Crippen molar-refractivity contribution in [2.24, 2.45) is 5.73 Å². The normalized spacial score (nSPS) is 20.8. The molecule has 86 valence electrons. The van der Waals surface area contributed by atoms with E-state index in [9.17, 15) is 5.11 Å². The number of pyridine rings is 1. The van der Waals surface area contributed by atoms with Gasteiger partial charge in [0.1, 0.15) is 11.5 Å². The van der Waals surface area contributed by atoms with Crippen molar-refractivity contribution in [1.29, 1.82) is 5.41 Å². The first-order chi connectivity index (χ1) is 7.66. The maximum absolute atomic E-state index is 9.60. The number of aromatic nitrogens is 1. The molecule has 1 aromatic heterocycles. The second kappa shape index (κ2) is 4.49. The number of nitrogens with zero attached hydrogens (tertiary/aromatic N) is 2. The van der Waals surface area contributed by atoms with Crippen molar-refractivity contribution in [2.45, 2.75) is 18.9 Å². The van der Waals surface area contributed by atoms with Crippen LogP contribution in [0.4, 0.5) is 5.69 Å². The average Bonchev–Trinajstić information content (AvgIpc) is 2.29. The zero-order valence-electron chi connectivity index (χ0n) is 9.06. The van der Waals surface area contributed by atoms with Crippen LogP contribution < -0.4 is 10.6 Å². The van der Waals surface area contributed by atoms with Crippen LogP contribution >= 0.6 is 0 Å². The first-order valence-corrected chi connectivity index (χ1v) is 5.40. The number of hydrogen-bond acceptors (Lipinski definition) is 4. The van der Waals surface area contributed by atoms with Crippen LogP contribution in [0.1, 0.15) is 18.5 Å². The summed E-state index contributed by atoms with van der Waals surface area (Å²) in [6.45, 7) is 1.57. The van der Waals surface area contributed by atoms with Gasteiger partial charge in [0, 0.05) is 25.0 Å². The lowest BCUT2D eigenvalue weighted by Crippen LogP contribution is -2.38. The molecule has 1 atom stereocenters. The Labute approximate surface area is 94.4 Å². The zero-order chi connectivity index (χ0) is 11.5. The number of nitrogens with one attached hydrogen (secondary N) is 1. The number of amidine groups is 1. The Balaban J connectivity index is 2.19. The number of rotatable bonds is 2. The first kappa shape index (κ1) is 10.9. The Morgan fingerprint density at radius 2 is 2.44 bits per heavy atom.